The molecule has 0 aromatic carbocycles. The molecule has 1 fully saturated rings. The Morgan fingerprint density at radius 3 is 2.38 bits per heavy atom. The smallest absolute Gasteiger partial charge is 0.236 e. The second-order valence-corrected chi connectivity index (χ2v) is 3.66. The predicted molar refractivity (Wildman–Crippen MR) is 53.6 cm³/mol. The van der Waals surface area contributed by atoms with Gasteiger partial charge in [-0.25, -0.2) is 0 Å². The van der Waals surface area contributed by atoms with Crippen LogP contribution in [0.25, 0.3) is 0 Å². The van der Waals surface area contributed by atoms with Crippen LogP contribution in [0.3, 0.4) is 0 Å². The van der Waals surface area contributed by atoms with Gasteiger partial charge in [0.15, 0.2) is 0 Å². The molecule has 1 saturated heterocycles. The van der Waals surface area contributed by atoms with Crippen LogP contribution in [0, 0.1) is 0 Å². The molecule has 0 saturated carbocycles. The molecule has 0 aliphatic carbocycles. The summed E-state index contributed by atoms with van der Waals surface area (Å²) in [6.07, 6.45) is 2.21. The fourth-order valence-corrected chi connectivity index (χ4v) is 1.77. The summed E-state index contributed by atoms with van der Waals surface area (Å²) in [4.78, 5) is 15.8. The minimum Gasteiger partial charge on any atom is -0.340 e. The molecule has 0 aromatic heterocycles. The van der Waals surface area contributed by atoms with Gasteiger partial charge in [-0.05, 0) is 19.4 Å². The molecule has 1 heterocycles. The minimum absolute atomic E-state index is 0.307. The summed E-state index contributed by atoms with van der Waals surface area (Å²) in [5.74, 6) is 0.307. The van der Waals surface area contributed by atoms with Gasteiger partial charge >= 0.3 is 0 Å². The van der Waals surface area contributed by atoms with E-state index in [2.05, 4.69) is 18.7 Å². The number of piperazine rings is 1. The lowest BCUT2D eigenvalue weighted by Gasteiger charge is -2.33. The number of carbonyl (C=O) groups is 1. The van der Waals surface area contributed by atoms with E-state index in [1.807, 2.05) is 4.90 Å². The maximum absolute atomic E-state index is 11.6. The lowest BCUT2D eigenvalue weighted by atomic mass is 10.2. The van der Waals surface area contributed by atoms with Gasteiger partial charge in [0.1, 0.15) is 0 Å². The van der Waals surface area contributed by atoms with Crippen molar-refractivity contribution in [3.63, 3.8) is 0 Å². The first-order valence-corrected chi connectivity index (χ1v) is 5.28. The van der Waals surface area contributed by atoms with E-state index in [9.17, 15) is 4.79 Å². The molecule has 0 atom stereocenters. The highest BCUT2D eigenvalue weighted by molar-refractivity contribution is 5.78. The van der Waals surface area contributed by atoms with Crippen molar-refractivity contribution in [2.75, 3.05) is 32.7 Å². The molecule has 0 spiro atoms. The van der Waals surface area contributed by atoms with Gasteiger partial charge in [0, 0.05) is 19.6 Å². The maximum Gasteiger partial charge on any atom is 0.236 e. The Hall–Kier alpha value is -0.570. The highest BCUT2D eigenvalue weighted by Gasteiger charge is 2.21. The number of carbonyl (C=O) groups excluding carboxylic acids is 1. The van der Waals surface area contributed by atoms with Crippen LogP contribution in [-0.4, -0.2) is 48.4 Å². The fourth-order valence-electron chi connectivity index (χ4n) is 1.77. The van der Waals surface area contributed by atoms with E-state index >= 15 is 0 Å². The normalized spacial score (nSPS) is 19.5. The quantitative estimate of drug-likeness (QED) is 0.649. The fraction of sp³-hybridized carbons (Fsp3) is 0.900. The first-order chi connectivity index (χ1) is 6.27. The number of rotatable bonds is 4. The van der Waals surface area contributed by atoms with Crippen molar-refractivity contribution in [3.05, 3.63) is 0 Å². The maximum atomic E-state index is 11.6. The van der Waals surface area contributed by atoms with Crippen molar-refractivity contribution in [3.8, 4) is 0 Å². The minimum atomic E-state index is 0.307. The Morgan fingerprint density at radius 1 is 1.15 bits per heavy atom. The van der Waals surface area contributed by atoms with Crippen molar-refractivity contribution in [1.82, 2.24) is 9.80 Å². The topological polar surface area (TPSA) is 23.6 Å². The molecule has 3 heteroatoms. The second-order valence-electron chi connectivity index (χ2n) is 3.66. The molecule has 0 unspecified atom stereocenters. The van der Waals surface area contributed by atoms with Crippen molar-refractivity contribution in [1.29, 1.82) is 0 Å². The molecule has 1 amide bonds. The molecule has 1 aliphatic heterocycles. The van der Waals surface area contributed by atoms with Crippen LogP contribution >= 0.6 is 0 Å². The van der Waals surface area contributed by atoms with Crippen molar-refractivity contribution in [2.45, 2.75) is 26.7 Å². The Bertz CT molecular complexity index is 170. The Labute approximate surface area is 80.7 Å². The molecule has 0 bridgehead atoms. The van der Waals surface area contributed by atoms with E-state index in [0.29, 0.717) is 12.5 Å². The molecular weight excluding hydrogens is 164 g/mol. The highest BCUT2D eigenvalue weighted by Crippen LogP contribution is 2.04. The van der Waals surface area contributed by atoms with Gasteiger partial charge in [-0.3, -0.25) is 9.69 Å². The SMILES string of the molecule is CCCN1CCN(CCC)C(=O)C1. The first-order valence-electron chi connectivity index (χ1n) is 5.28. The molecule has 1 rings (SSSR count). The Balaban J connectivity index is 2.33. The third-order valence-electron chi connectivity index (χ3n) is 2.43. The lowest BCUT2D eigenvalue weighted by Crippen LogP contribution is -2.50. The zero-order valence-electron chi connectivity index (χ0n) is 8.75. The van der Waals surface area contributed by atoms with Crippen LogP contribution in [-0.2, 0) is 4.79 Å². The number of hydrogen-bond donors (Lipinski definition) is 0. The summed E-state index contributed by atoms with van der Waals surface area (Å²) >= 11 is 0. The van der Waals surface area contributed by atoms with Crippen LogP contribution < -0.4 is 0 Å². The Kier molecular flexibility index (Phi) is 4.22. The van der Waals surface area contributed by atoms with E-state index in [-0.39, 0.29) is 0 Å². The number of nitrogens with zero attached hydrogens (tertiary/aromatic N) is 2. The van der Waals surface area contributed by atoms with Crippen molar-refractivity contribution >= 4 is 5.91 Å². The summed E-state index contributed by atoms with van der Waals surface area (Å²) in [7, 11) is 0. The molecule has 0 N–H and O–H groups in total. The number of amides is 1. The molecule has 1 aliphatic rings. The predicted octanol–water partition coefficient (Wildman–Crippen LogP) is 0.951. The molecule has 0 aromatic rings. The summed E-state index contributed by atoms with van der Waals surface area (Å²) in [6, 6.07) is 0. The van der Waals surface area contributed by atoms with E-state index in [4.69, 9.17) is 0 Å². The van der Waals surface area contributed by atoms with Gasteiger partial charge in [0.2, 0.25) is 5.91 Å². The summed E-state index contributed by atoms with van der Waals surface area (Å²) in [6.45, 7) is 8.87. The van der Waals surface area contributed by atoms with Crippen LogP contribution in [0.4, 0.5) is 0 Å². The molecular formula is C10H20N2O. The summed E-state index contributed by atoms with van der Waals surface area (Å²) in [5.41, 5.74) is 0. The largest absolute Gasteiger partial charge is 0.340 e. The Morgan fingerprint density at radius 2 is 1.85 bits per heavy atom. The van der Waals surface area contributed by atoms with E-state index in [1.165, 1.54) is 0 Å². The monoisotopic (exact) mass is 184 g/mol. The highest BCUT2D eigenvalue weighted by atomic mass is 16.2. The standard InChI is InChI=1S/C10H20N2O/c1-3-5-11-7-8-12(6-4-2)10(13)9-11/h3-9H2,1-2H3. The number of hydrogen-bond acceptors (Lipinski definition) is 2. The van der Waals surface area contributed by atoms with E-state index < -0.39 is 0 Å². The van der Waals surface area contributed by atoms with Crippen LogP contribution in [0.2, 0.25) is 0 Å². The average Bonchev–Trinajstić information content (AvgIpc) is 2.10. The van der Waals surface area contributed by atoms with Gasteiger partial charge in [0.25, 0.3) is 0 Å². The third-order valence-corrected chi connectivity index (χ3v) is 2.43. The van der Waals surface area contributed by atoms with Crippen molar-refractivity contribution in [2.24, 2.45) is 0 Å². The van der Waals surface area contributed by atoms with Gasteiger partial charge in [-0.2, -0.15) is 0 Å². The van der Waals surface area contributed by atoms with Crippen LogP contribution in [0.5, 0.6) is 0 Å². The van der Waals surface area contributed by atoms with E-state index in [0.717, 1.165) is 39.0 Å². The summed E-state index contributed by atoms with van der Waals surface area (Å²) in [5, 5.41) is 0. The van der Waals surface area contributed by atoms with Crippen LogP contribution in [0.15, 0.2) is 0 Å². The average molecular weight is 184 g/mol. The van der Waals surface area contributed by atoms with Gasteiger partial charge < -0.3 is 4.90 Å². The summed E-state index contributed by atoms with van der Waals surface area (Å²) < 4.78 is 0. The molecule has 13 heavy (non-hydrogen) atoms. The zero-order valence-corrected chi connectivity index (χ0v) is 8.75. The first kappa shape index (κ1) is 10.5. The van der Waals surface area contributed by atoms with E-state index in [1.54, 1.807) is 0 Å². The van der Waals surface area contributed by atoms with Gasteiger partial charge in [-0.1, -0.05) is 13.8 Å². The van der Waals surface area contributed by atoms with Gasteiger partial charge in [-0.15, -0.1) is 0 Å². The van der Waals surface area contributed by atoms with Gasteiger partial charge in [0.05, 0.1) is 6.54 Å². The van der Waals surface area contributed by atoms with Crippen LogP contribution in [0.1, 0.15) is 26.7 Å². The lowest BCUT2D eigenvalue weighted by molar-refractivity contribution is -0.136. The molecule has 76 valence electrons. The second kappa shape index (κ2) is 5.22. The third kappa shape index (κ3) is 2.99. The van der Waals surface area contributed by atoms with Crippen molar-refractivity contribution < 1.29 is 4.79 Å². The molecule has 3 nitrogen and oxygen atoms in total. The zero-order chi connectivity index (χ0) is 9.68. The molecule has 0 radical (unpaired) electrons.